The van der Waals surface area contributed by atoms with Crippen molar-refractivity contribution in [2.75, 3.05) is 31.2 Å². The first kappa shape index (κ1) is 13.4. The van der Waals surface area contributed by atoms with Crippen molar-refractivity contribution in [3.05, 3.63) is 29.8 Å². The Morgan fingerprint density at radius 1 is 1.44 bits per heavy atom. The van der Waals surface area contributed by atoms with Crippen LogP contribution in [-0.4, -0.2) is 32.3 Å². The predicted octanol–water partition coefficient (Wildman–Crippen LogP) is 2.33. The van der Waals surface area contributed by atoms with Crippen molar-refractivity contribution in [1.29, 1.82) is 0 Å². The lowest BCUT2D eigenvalue weighted by molar-refractivity contribution is 0.0792. The molecule has 1 aliphatic rings. The number of hydrogen-bond donors (Lipinski definition) is 1. The molecule has 1 aromatic carbocycles. The van der Waals surface area contributed by atoms with Crippen molar-refractivity contribution >= 4 is 5.69 Å². The largest absolute Gasteiger partial charge is 0.379 e. The molecule has 1 aliphatic heterocycles. The van der Waals surface area contributed by atoms with Crippen LogP contribution in [0, 0.1) is 6.92 Å². The van der Waals surface area contributed by atoms with Gasteiger partial charge in [-0.1, -0.05) is 12.1 Å². The highest BCUT2D eigenvalue weighted by Crippen LogP contribution is 2.23. The summed E-state index contributed by atoms with van der Waals surface area (Å²) in [5, 5.41) is 0. The maximum Gasteiger partial charge on any atom is 0.0669 e. The van der Waals surface area contributed by atoms with Crippen LogP contribution in [0.3, 0.4) is 0 Å². The molecule has 1 aromatic rings. The van der Waals surface area contributed by atoms with Gasteiger partial charge in [-0.05, 0) is 50.4 Å². The van der Waals surface area contributed by atoms with Gasteiger partial charge >= 0.3 is 0 Å². The van der Waals surface area contributed by atoms with E-state index in [1.165, 1.54) is 17.7 Å². The Morgan fingerprint density at radius 3 is 3.00 bits per heavy atom. The molecule has 0 radical (unpaired) electrons. The summed E-state index contributed by atoms with van der Waals surface area (Å²) in [5.41, 5.74) is 8.27. The lowest BCUT2D eigenvalue weighted by Crippen LogP contribution is -2.42. The highest BCUT2D eigenvalue weighted by atomic mass is 16.5. The zero-order valence-electron chi connectivity index (χ0n) is 11.3. The summed E-state index contributed by atoms with van der Waals surface area (Å²) in [4.78, 5) is 2.47. The molecular formula is C15H24N2O. The second-order valence-corrected chi connectivity index (χ2v) is 5.05. The first-order chi connectivity index (χ1) is 8.81. The summed E-state index contributed by atoms with van der Waals surface area (Å²) in [7, 11) is 0. The van der Waals surface area contributed by atoms with E-state index in [0.717, 1.165) is 39.1 Å². The highest BCUT2D eigenvalue weighted by Gasteiger charge is 2.21. The number of nitrogens with zero attached hydrogens (tertiary/aromatic N) is 1. The zero-order valence-corrected chi connectivity index (χ0v) is 11.3. The number of aryl methyl sites for hydroxylation is 1. The van der Waals surface area contributed by atoms with Gasteiger partial charge in [-0.15, -0.1) is 0 Å². The number of ether oxygens (including phenoxy) is 1. The summed E-state index contributed by atoms with van der Waals surface area (Å²) in [6.07, 6.45) is 3.42. The fourth-order valence-electron chi connectivity index (χ4n) is 2.56. The van der Waals surface area contributed by atoms with E-state index >= 15 is 0 Å². The Kier molecular flexibility index (Phi) is 5.02. The van der Waals surface area contributed by atoms with Crippen LogP contribution >= 0.6 is 0 Å². The fourth-order valence-corrected chi connectivity index (χ4v) is 2.56. The minimum Gasteiger partial charge on any atom is -0.379 e. The van der Waals surface area contributed by atoms with Gasteiger partial charge in [-0.3, -0.25) is 0 Å². The van der Waals surface area contributed by atoms with Gasteiger partial charge < -0.3 is 15.4 Å². The molecule has 3 heteroatoms. The molecule has 0 bridgehead atoms. The average Bonchev–Trinajstić information content (AvgIpc) is 2.40. The second kappa shape index (κ2) is 6.76. The van der Waals surface area contributed by atoms with E-state index in [4.69, 9.17) is 10.5 Å². The number of hydrogen-bond acceptors (Lipinski definition) is 3. The molecular weight excluding hydrogens is 224 g/mol. The van der Waals surface area contributed by atoms with Crippen molar-refractivity contribution in [3.63, 3.8) is 0 Å². The number of benzene rings is 1. The summed E-state index contributed by atoms with van der Waals surface area (Å²) in [6, 6.07) is 9.22. The third kappa shape index (κ3) is 3.47. The van der Waals surface area contributed by atoms with Gasteiger partial charge in [0.1, 0.15) is 0 Å². The molecule has 0 spiro atoms. The minimum atomic E-state index is 0.507. The van der Waals surface area contributed by atoms with Crippen molar-refractivity contribution in [2.45, 2.75) is 32.2 Å². The van der Waals surface area contributed by atoms with Crippen LogP contribution in [0.5, 0.6) is 0 Å². The standard InChI is InChI=1S/C15H24N2O/c1-13-5-2-6-14(11-13)17(9-4-8-16)15-7-3-10-18-12-15/h2,5-6,11,15H,3-4,7-10,12,16H2,1H3. The summed E-state index contributed by atoms with van der Waals surface area (Å²) in [5.74, 6) is 0. The fraction of sp³-hybridized carbons (Fsp3) is 0.600. The number of rotatable bonds is 5. The smallest absolute Gasteiger partial charge is 0.0669 e. The van der Waals surface area contributed by atoms with E-state index in [1.807, 2.05) is 0 Å². The molecule has 100 valence electrons. The van der Waals surface area contributed by atoms with Gasteiger partial charge in [-0.25, -0.2) is 0 Å². The van der Waals surface area contributed by atoms with Crippen LogP contribution in [0.2, 0.25) is 0 Å². The molecule has 18 heavy (non-hydrogen) atoms. The monoisotopic (exact) mass is 248 g/mol. The van der Waals surface area contributed by atoms with E-state index in [0.29, 0.717) is 6.04 Å². The molecule has 0 aromatic heterocycles. The van der Waals surface area contributed by atoms with E-state index in [2.05, 4.69) is 36.1 Å². The van der Waals surface area contributed by atoms with Crippen LogP contribution in [-0.2, 0) is 4.74 Å². The molecule has 1 unspecified atom stereocenters. The molecule has 1 heterocycles. The molecule has 0 amide bonds. The molecule has 2 rings (SSSR count). The van der Waals surface area contributed by atoms with E-state index in [9.17, 15) is 0 Å². The summed E-state index contributed by atoms with van der Waals surface area (Å²) in [6.45, 7) is 5.67. The van der Waals surface area contributed by atoms with Gasteiger partial charge in [0, 0.05) is 18.8 Å². The van der Waals surface area contributed by atoms with Crippen molar-refractivity contribution in [2.24, 2.45) is 5.73 Å². The van der Waals surface area contributed by atoms with Crippen molar-refractivity contribution < 1.29 is 4.74 Å². The summed E-state index contributed by atoms with van der Waals surface area (Å²) >= 11 is 0. The van der Waals surface area contributed by atoms with Crippen LogP contribution < -0.4 is 10.6 Å². The lowest BCUT2D eigenvalue weighted by atomic mass is 10.1. The van der Waals surface area contributed by atoms with Crippen LogP contribution in [0.4, 0.5) is 5.69 Å². The Balaban J connectivity index is 2.12. The Labute approximate surface area is 110 Å². The van der Waals surface area contributed by atoms with Crippen LogP contribution in [0.25, 0.3) is 0 Å². The molecule has 1 fully saturated rings. The Morgan fingerprint density at radius 2 is 2.33 bits per heavy atom. The van der Waals surface area contributed by atoms with Crippen molar-refractivity contribution in [1.82, 2.24) is 0 Å². The number of nitrogens with two attached hydrogens (primary N) is 1. The van der Waals surface area contributed by atoms with E-state index in [1.54, 1.807) is 0 Å². The highest BCUT2D eigenvalue weighted by molar-refractivity contribution is 5.49. The van der Waals surface area contributed by atoms with Gasteiger partial charge in [0.2, 0.25) is 0 Å². The Bertz CT molecular complexity index is 361. The molecule has 1 saturated heterocycles. The van der Waals surface area contributed by atoms with Gasteiger partial charge in [0.15, 0.2) is 0 Å². The van der Waals surface area contributed by atoms with Crippen molar-refractivity contribution in [3.8, 4) is 0 Å². The third-order valence-electron chi connectivity index (χ3n) is 3.51. The van der Waals surface area contributed by atoms with Crippen LogP contribution in [0.15, 0.2) is 24.3 Å². The molecule has 0 aliphatic carbocycles. The second-order valence-electron chi connectivity index (χ2n) is 5.05. The maximum atomic E-state index is 5.66. The first-order valence-corrected chi connectivity index (χ1v) is 6.92. The van der Waals surface area contributed by atoms with Gasteiger partial charge in [-0.2, -0.15) is 0 Å². The van der Waals surface area contributed by atoms with Crippen LogP contribution in [0.1, 0.15) is 24.8 Å². The lowest BCUT2D eigenvalue weighted by Gasteiger charge is -2.36. The maximum absolute atomic E-state index is 5.66. The predicted molar refractivity (Wildman–Crippen MR) is 76.0 cm³/mol. The third-order valence-corrected chi connectivity index (χ3v) is 3.51. The normalized spacial score (nSPS) is 19.8. The molecule has 2 N–H and O–H groups in total. The summed E-state index contributed by atoms with van der Waals surface area (Å²) < 4.78 is 5.62. The zero-order chi connectivity index (χ0) is 12.8. The first-order valence-electron chi connectivity index (χ1n) is 6.92. The van der Waals surface area contributed by atoms with E-state index < -0.39 is 0 Å². The molecule has 3 nitrogen and oxygen atoms in total. The number of anilines is 1. The SMILES string of the molecule is Cc1cccc(N(CCCN)C2CCCOC2)c1. The van der Waals surface area contributed by atoms with Gasteiger partial charge in [0.25, 0.3) is 0 Å². The minimum absolute atomic E-state index is 0.507. The Hall–Kier alpha value is -1.06. The average molecular weight is 248 g/mol. The van der Waals surface area contributed by atoms with E-state index in [-0.39, 0.29) is 0 Å². The van der Waals surface area contributed by atoms with Gasteiger partial charge in [0.05, 0.1) is 12.6 Å². The molecule has 1 atom stereocenters. The molecule has 0 saturated carbocycles. The topological polar surface area (TPSA) is 38.5 Å². The quantitative estimate of drug-likeness (QED) is 0.869.